The van der Waals surface area contributed by atoms with Crippen molar-refractivity contribution in [2.24, 2.45) is 5.92 Å². The summed E-state index contributed by atoms with van der Waals surface area (Å²) in [5.74, 6) is -5.66. The van der Waals surface area contributed by atoms with E-state index >= 15 is 0 Å². The molecule has 0 aliphatic carbocycles. The van der Waals surface area contributed by atoms with Gasteiger partial charge < -0.3 is 14.2 Å². The van der Waals surface area contributed by atoms with Crippen LogP contribution in [0.25, 0.3) is 22.3 Å². The zero-order valence-electron chi connectivity index (χ0n) is 19.1. The van der Waals surface area contributed by atoms with E-state index in [1.165, 1.54) is 48.5 Å². The third kappa shape index (κ3) is 4.77. The average Bonchev–Trinajstić information content (AvgIpc) is 3.74. The van der Waals surface area contributed by atoms with Crippen molar-refractivity contribution >= 4 is 13.8 Å². The SMILES string of the molecule is [B]CC1CCC(C(=O)Oc2ccc(-c3ccc(-c4ccc(C5CO5)c(F)c4F)cc3)c(F)c2F)OC1. The zero-order chi connectivity index (χ0) is 25.4. The largest absolute Gasteiger partial charge is 0.421 e. The molecule has 2 aliphatic rings. The minimum Gasteiger partial charge on any atom is -0.421 e. The molecular formula is C27H21BF4O4. The lowest BCUT2D eigenvalue weighted by Gasteiger charge is -2.27. The summed E-state index contributed by atoms with van der Waals surface area (Å²) < 4.78 is 74.1. The number of benzene rings is 3. The molecule has 9 heteroatoms. The van der Waals surface area contributed by atoms with Gasteiger partial charge in [0.1, 0.15) is 6.10 Å². The van der Waals surface area contributed by atoms with E-state index in [9.17, 15) is 22.4 Å². The van der Waals surface area contributed by atoms with Gasteiger partial charge in [0.25, 0.3) is 0 Å². The van der Waals surface area contributed by atoms with Crippen molar-refractivity contribution in [3.63, 3.8) is 0 Å². The second kappa shape index (κ2) is 10.1. The minimum absolute atomic E-state index is 0.0417. The van der Waals surface area contributed by atoms with Gasteiger partial charge in [0.2, 0.25) is 5.82 Å². The molecule has 2 heterocycles. The first-order valence-corrected chi connectivity index (χ1v) is 11.6. The first-order chi connectivity index (χ1) is 17.4. The van der Waals surface area contributed by atoms with Crippen molar-refractivity contribution < 1.29 is 36.6 Å². The number of carbonyl (C=O) groups excluding carboxylic acids is 1. The van der Waals surface area contributed by atoms with E-state index < -0.39 is 47.2 Å². The Morgan fingerprint density at radius 1 is 0.806 bits per heavy atom. The molecule has 0 saturated carbocycles. The van der Waals surface area contributed by atoms with Crippen molar-refractivity contribution in [1.82, 2.24) is 0 Å². The van der Waals surface area contributed by atoms with E-state index in [-0.39, 0.29) is 22.6 Å². The van der Waals surface area contributed by atoms with E-state index in [1.807, 2.05) is 0 Å². The molecule has 3 unspecified atom stereocenters. The van der Waals surface area contributed by atoms with Crippen molar-refractivity contribution in [3.05, 3.63) is 77.4 Å². The Balaban J connectivity index is 1.32. The fraction of sp³-hybridized carbons (Fsp3) is 0.296. The Morgan fingerprint density at radius 2 is 1.42 bits per heavy atom. The van der Waals surface area contributed by atoms with Crippen LogP contribution in [-0.2, 0) is 14.3 Å². The summed E-state index contributed by atoms with van der Waals surface area (Å²) in [7, 11) is 5.59. The van der Waals surface area contributed by atoms with Gasteiger partial charge in [0.05, 0.1) is 14.5 Å². The maximum atomic E-state index is 14.9. The highest BCUT2D eigenvalue weighted by molar-refractivity contribution is 6.08. The topological polar surface area (TPSA) is 48.1 Å². The van der Waals surface area contributed by atoms with E-state index in [1.54, 1.807) is 0 Å². The normalized spacial score (nSPS) is 21.3. The van der Waals surface area contributed by atoms with Crippen molar-refractivity contribution in [2.45, 2.75) is 31.4 Å². The average molecular weight is 496 g/mol. The predicted molar refractivity (Wildman–Crippen MR) is 124 cm³/mol. The molecule has 0 amide bonds. The van der Waals surface area contributed by atoms with Crippen molar-refractivity contribution in [1.29, 1.82) is 0 Å². The Kier molecular flexibility index (Phi) is 6.86. The molecule has 0 spiro atoms. The number of rotatable bonds is 6. The molecule has 2 saturated heterocycles. The maximum Gasteiger partial charge on any atom is 0.340 e. The summed E-state index contributed by atoms with van der Waals surface area (Å²) >= 11 is 0. The van der Waals surface area contributed by atoms with Gasteiger partial charge in [-0.25, -0.2) is 18.0 Å². The molecule has 2 radical (unpaired) electrons. The van der Waals surface area contributed by atoms with Crippen LogP contribution in [0.2, 0.25) is 6.32 Å². The van der Waals surface area contributed by atoms with Gasteiger partial charge in [-0.3, -0.25) is 0 Å². The molecule has 3 aromatic carbocycles. The number of halogens is 4. The fourth-order valence-corrected chi connectivity index (χ4v) is 4.28. The summed E-state index contributed by atoms with van der Waals surface area (Å²) in [6.07, 6.45) is 0.222. The van der Waals surface area contributed by atoms with Crippen LogP contribution in [-0.4, -0.2) is 33.1 Å². The standard InChI is InChI=1S/C27H21BF4O4/c28-11-14-1-9-21(34-12-14)27(33)36-20-10-8-18(24(30)26(20)32)16-4-2-15(3-5-16)17-6-7-19(22-13-35-22)25(31)23(17)29/h2-8,10,14,21-22H,1,9,11-13H2. The van der Waals surface area contributed by atoms with Gasteiger partial charge in [-0.2, -0.15) is 4.39 Å². The van der Waals surface area contributed by atoms with Crippen LogP contribution < -0.4 is 4.74 Å². The number of esters is 1. The highest BCUT2D eigenvalue weighted by atomic mass is 19.2. The third-order valence-electron chi connectivity index (χ3n) is 6.52. The highest BCUT2D eigenvalue weighted by Crippen LogP contribution is 2.37. The predicted octanol–water partition coefficient (Wildman–Crippen LogP) is 5.94. The molecule has 3 atom stereocenters. The van der Waals surface area contributed by atoms with E-state index in [0.29, 0.717) is 43.5 Å². The van der Waals surface area contributed by atoms with Crippen molar-refractivity contribution in [3.8, 4) is 28.0 Å². The van der Waals surface area contributed by atoms with E-state index in [0.717, 1.165) is 0 Å². The van der Waals surface area contributed by atoms with Crippen LogP contribution in [0, 0.1) is 29.2 Å². The van der Waals surface area contributed by atoms with E-state index in [4.69, 9.17) is 22.1 Å². The number of hydrogen-bond acceptors (Lipinski definition) is 4. The van der Waals surface area contributed by atoms with Crippen LogP contribution in [0.5, 0.6) is 5.75 Å². The molecule has 2 fully saturated rings. The van der Waals surface area contributed by atoms with Gasteiger partial charge in [-0.05, 0) is 42.0 Å². The molecule has 184 valence electrons. The molecule has 0 aromatic heterocycles. The second-order valence-electron chi connectivity index (χ2n) is 8.89. The quantitative estimate of drug-likeness (QED) is 0.140. The molecule has 0 N–H and O–H groups in total. The summed E-state index contributed by atoms with van der Waals surface area (Å²) in [5, 5.41) is 0. The van der Waals surface area contributed by atoms with Crippen LogP contribution in [0.4, 0.5) is 17.6 Å². The highest BCUT2D eigenvalue weighted by Gasteiger charge is 2.31. The van der Waals surface area contributed by atoms with Crippen LogP contribution >= 0.6 is 0 Å². The molecule has 3 aromatic rings. The molecule has 4 nitrogen and oxygen atoms in total. The van der Waals surface area contributed by atoms with Crippen LogP contribution in [0.3, 0.4) is 0 Å². The Bertz CT molecular complexity index is 1290. The first-order valence-electron chi connectivity index (χ1n) is 11.6. The molecule has 2 aliphatic heterocycles. The van der Waals surface area contributed by atoms with Gasteiger partial charge in [0, 0.05) is 23.3 Å². The molecule has 36 heavy (non-hydrogen) atoms. The van der Waals surface area contributed by atoms with Gasteiger partial charge in [-0.15, -0.1) is 0 Å². The number of carbonyl (C=O) groups is 1. The fourth-order valence-electron chi connectivity index (χ4n) is 4.28. The Morgan fingerprint density at radius 3 is 1.97 bits per heavy atom. The van der Waals surface area contributed by atoms with Crippen molar-refractivity contribution in [2.75, 3.05) is 13.2 Å². The maximum absolute atomic E-state index is 14.9. The van der Waals surface area contributed by atoms with Crippen LogP contribution in [0.1, 0.15) is 24.5 Å². The lowest BCUT2D eigenvalue weighted by atomic mass is 9.86. The first kappa shape index (κ1) is 24.5. The molecule has 5 rings (SSSR count). The Hall–Kier alpha value is -3.17. The number of ether oxygens (including phenoxy) is 3. The number of epoxide rings is 1. The third-order valence-corrected chi connectivity index (χ3v) is 6.52. The summed E-state index contributed by atoms with van der Waals surface area (Å²) in [6, 6.07) is 11.3. The Labute approximate surface area is 206 Å². The van der Waals surface area contributed by atoms with Crippen LogP contribution in [0.15, 0.2) is 48.5 Å². The van der Waals surface area contributed by atoms with E-state index in [2.05, 4.69) is 0 Å². The summed E-state index contributed by atoms with van der Waals surface area (Å²) in [6.45, 7) is 0.658. The van der Waals surface area contributed by atoms with Gasteiger partial charge in [-0.1, -0.05) is 42.7 Å². The van der Waals surface area contributed by atoms with Gasteiger partial charge in [0.15, 0.2) is 29.3 Å². The molecule has 0 bridgehead atoms. The minimum atomic E-state index is -1.31. The summed E-state index contributed by atoms with van der Waals surface area (Å²) in [5.41, 5.74) is 0.807. The zero-order valence-corrected chi connectivity index (χ0v) is 19.1. The number of hydrogen-bond donors (Lipinski definition) is 0. The second-order valence-corrected chi connectivity index (χ2v) is 8.89. The smallest absolute Gasteiger partial charge is 0.340 e. The summed E-state index contributed by atoms with van der Waals surface area (Å²) in [4.78, 5) is 12.3. The monoisotopic (exact) mass is 496 g/mol. The lowest BCUT2D eigenvalue weighted by Crippen LogP contribution is -2.35. The lowest BCUT2D eigenvalue weighted by molar-refractivity contribution is -0.152. The molecular weight excluding hydrogens is 475 g/mol. The van der Waals surface area contributed by atoms with Gasteiger partial charge >= 0.3 is 5.97 Å².